The third-order valence-corrected chi connectivity index (χ3v) is 4.48. The van der Waals surface area contributed by atoms with Crippen LogP contribution in [-0.4, -0.2) is 32.7 Å². The maximum Gasteiger partial charge on any atom is 0.191 e. The van der Waals surface area contributed by atoms with Crippen LogP contribution in [0.4, 0.5) is 0 Å². The number of rotatable bonds is 5. The van der Waals surface area contributed by atoms with Crippen molar-refractivity contribution in [2.24, 2.45) is 4.99 Å². The molecule has 2 N–H and O–H groups in total. The molecule has 1 aromatic carbocycles. The molecular weight excluding hydrogens is 274 g/mol. The van der Waals surface area contributed by atoms with Gasteiger partial charge in [-0.05, 0) is 32.8 Å². The summed E-state index contributed by atoms with van der Waals surface area (Å²) < 4.78 is 5.61. The zero-order valence-electron chi connectivity index (χ0n) is 14.3. The fourth-order valence-corrected chi connectivity index (χ4v) is 3.40. The van der Waals surface area contributed by atoms with Gasteiger partial charge in [0.2, 0.25) is 0 Å². The first kappa shape index (κ1) is 16.7. The second-order valence-corrected chi connectivity index (χ2v) is 6.41. The monoisotopic (exact) mass is 303 g/mol. The number of nitrogens with one attached hydrogen (secondary N) is 2. The van der Waals surface area contributed by atoms with E-state index in [1.807, 2.05) is 13.1 Å². The SMILES string of the molecule is CN=C(NCC1(c2ccccc2OC)CCCC1)NC(C)C. The topological polar surface area (TPSA) is 45.7 Å². The molecule has 4 nitrogen and oxygen atoms in total. The van der Waals surface area contributed by atoms with Gasteiger partial charge in [-0.1, -0.05) is 31.0 Å². The van der Waals surface area contributed by atoms with Gasteiger partial charge >= 0.3 is 0 Å². The van der Waals surface area contributed by atoms with Crippen LogP contribution in [0.25, 0.3) is 0 Å². The van der Waals surface area contributed by atoms with E-state index in [4.69, 9.17) is 4.74 Å². The number of para-hydroxylation sites is 1. The van der Waals surface area contributed by atoms with E-state index in [2.05, 4.69) is 47.7 Å². The Labute approximate surface area is 134 Å². The molecule has 0 bridgehead atoms. The zero-order valence-corrected chi connectivity index (χ0v) is 14.3. The van der Waals surface area contributed by atoms with Crippen molar-refractivity contribution in [3.8, 4) is 5.75 Å². The second-order valence-electron chi connectivity index (χ2n) is 6.41. The Morgan fingerprint density at radius 1 is 1.27 bits per heavy atom. The summed E-state index contributed by atoms with van der Waals surface area (Å²) in [5, 5.41) is 6.88. The molecule has 1 aliphatic rings. The average Bonchev–Trinajstić information content (AvgIpc) is 3.01. The highest BCUT2D eigenvalue weighted by molar-refractivity contribution is 5.80. The minimum Gasteiger partial charge on any atom is -0.496 e. The second kappa shape index (κ2) is 7.52. The lowest BCUT2D eigenvalue weighted by molar-refractivity contribution is 0.371. The van der Waals surface area contributed by atoms with Gasteiger partial charge in [0.05, 0.1) is 7.11 Å². The summed E-state index contributed by atoms with van der Waals surface area (Å²) in [6.45, 7) is 5.14. The number of ether oxygens (including phenoxy) is 1. The van der Waals surface area contributed by atoms with Gasteiger partial charge < -0.3 is 15.4 Å². The largest absolute Gasteiger partial charge is 0.496 e. The van der Waals surface area contributed by atoms with Crippen molar-refractivity contribution in [3.63, 3.8) is 0 Å². The standard InChI is InChI=1S/C18H29N3O/c1-14(2)21-17(19-3)20-13-18(11-7-8-12-18)15-9-5-6-10-16(15)22-4/h5-6,9-10,14H,7-8,11-13H2,1-4H3,(H2,19,20,21). The molecule has 0 aromatic heterocycles. The summed E-state index contributed by atoms with van der Waals surface area (Å²) in [6, 6.07) is 8.80. The Morgan fingerprint density at radius 2 is 1.95 bits per heavy atom. The smallest absolute Gasteiger partial charge is 0.191 e. The number of hydrogen-bond donors (Lipinski definition) is 2. The summed E-state index contributed by atoms with van der Waals surface area (Å²) in [5.41, 5.74) is 1.46. The molecule has 0 amide bonds. The molecule has 1 fully saturated rings. The fraction of sp³-hybridized carbons (Fsp3) is 0.611. The lowest BCUT2D eigenvalue weighted by Gasteiger charge is -2.32. The van der Waals surface area contributed by atoms with Crippen LogP contribution >= 0.6 is 0 Å². The van der Waals surface area contributed by atoms with Crippen molar-refractivity contribution >= 4 is 5.96 Å². The summed E-state index contributed by atoms with van der Waals surface area (Å²) in [7, 11) is 3.58. The van der Waals surface area contributed by atoms with Gasteiger partial charge in [-0.2, -0.15) is 0 Å². The lowest BCUT2D eigenvalue weighted by atomic mass is 9.78. The van der Waals surface area contributed by atoms with Crippen LogP contribution in [0.1, 0.15) is 45.1 Å². The third kappa shape index (κ3) is 3.73. The lowest BCUT2D eigenvalue weighted by Crippen LogP contribution is -2.46. The van der Waals surface area contributed by atoms with Crippen molar-refractivity contribution < 1.29 is 4.74 Å². The van der Waals surface area contributed by atoms with E-state index in [9.17, 15) is 0 Å². The van der Waals surface area contributed by atoms with E-state index >= 15 is 0 Å². The summed E-state index contributed by atoms with van der Waals surface area (Å²) in [4.78, 5) is 4.32. The molecule has 1 aliphatic carbocycles. The van der Waals surface area contributed by atoms with Crippen LogP contribution in [0.5, 0.6) is 5.75 Å². The number of methoxy groups -OCH3 is 1. The summed E-state index contributed by atoms with van der Waals surface area (Å²) in [5.74, 6) is 1.87. The first-order valence-corrected chi connectivity index (χ1v) is 8.22. The van der Waals surface area contributed by atoms with E-state index in [-0.39, 0.29) is 5.41 Å². The zero-order chi connectivity index (χ0) is 16.0. The van der Waals surface area contributed by atoms with Gasteiger partial charge in [0.1, 0.15) is 5.75 Å². The van der Waals surface area contributed by atoms with Crippen molar-refractivity contribution in [2.45, 2.75) is 51.0 Å². The van der Waals surface area contributed by atoms with Crippen molar-refractivity contribution in [1.29, 1.82) is 0 Å². The van der Waals surface area contributed by atoms with Crippen molar-refractivity contribution in [2.75, 3.05) is 20.7 Å². The first-order valence-electron chi connectivity index (χ1n) is 8.22. The van der Waals surface area contributed by atoms with E-state index in [0.29, 0.717) is 6.04 Å². The van der Waals surface area contributed by atoms with Crippen LogP contribution in [0, 0.1) is 0 Å². The molecule has 0 heterocycles. The minimum absolute atomic E-state index is 0.140. The molecule has 0 atom stereocenters. The Morgan fingerprint density at radius 3 is 2.55 bits per heavy atom. The molecule has 2 rings (SSSR count). The van der Waals surface area contributed by atoms with E-state index in [1.54, 1.807) is 7.11 Å². The molecule has 1 aromatic rings. The first-order chi connectivity index (χ1) is 10.6. The maximum atomic E-state index is 5.61. The quantitative estimate of drug-likeness (QED) is 0.649. The minimum atomic E-state index is 0.140. The highest BCUT2D eigenvalue weighted by Crippen LogP contribution is 2.44. The molecular formula is C18H29N3O. The van der Waals surface area contributed by atoms with Crippen LogP contribution in [0.15, 0.2) is 29.3 Å². The van der Waals surface area contributed by atoms with Crippen LogP contribution in [-0.2, 0) is 5.41 Å². The highest BCUT2D eigenvalue weighted by Gasteiger charge is 2.37. The number of nitrogens with zero attached hydrogens (tertiary/aromatic N) is 1. The Hall–Kier alpha value is -1.71. The molecule has 1 saturated carbocycles. The Balaban J connectivity index is 2.19. The fourth-order valence-electron chi connectivity index (χ4n) is 3.40. The molecule has 4 heteroatoms. The Bertz CT molecular complexity index is 505. The van der Waals surface area contributed by atoms with E-state index in [1.165, 1.54) is 31.2 Å². The molecule has 0 unspecified atom stereocenters. The van der Waals surface area contributed by atoms with Crippen molar-refractivity contribution in [1.82, 2.24) is 10.6 Å². The number of aliphatic imine (C=N–C) groups is 1. The highest BCUT2D eigenvalue weighted by atomic mass is 16.5. The van der Waals surface area contributed by atoms with Crippen LogP contribution in [0.3, 0.4) is 0 Å². The molecule has 0 radical (unpaired) electrons. The van der Waals surface area contributed by atoms with Gasteiger partial charge in [0.25, 0.3) is 0 Å². The maximum absolute atomic E-state index is 5.61. The molecule has 122 valence electrons. The molecule has 0 aliphatic heterocycles. The van der Waals surface area contributed by atoms with E-state index in [0.717, 1.165) is 18.3 Å². The predicted octanol–water partition coefficient (Wildman–Crippen LogP) is 3.08. The number of guanidine groups is 1. The van der Waals surface area contributed by atoms with Crippen LogP contribution in [0.2, 0.25) is 0 Å². The molecule has 0 saturated heterocycles. The number of benzene rings is 1. The predicted molar refractivity (Wildman–Crippen MR) is 92.8 cm³/mol. The van der Waals surface area contributed by atoms with E-state index < -0.39 is 0 Å². The number of hydrogen-bond acceptors (Lipinski definition) is 2. The van der Waals surface area contributed by atoms with Gasteiger partial charge in [0, 0.05) is 30.6 Å². The van der Waals surface area contributed by atoms with Gasteiger partial charge in [-0.15, -0.1) is 0 Å². The summed E-state index contributed by atoms with van der Waals surface area (Å²) in [6.07, 6.45) is 4.93. The normalized spacial score (nSPS) is 17.6. The average molecular weight is 303 g/mol. The Kier molecular flexibility index (Phi) is 5.69. The van der Waals surface area contributed by atoms with Gasteiger partial charge in [0.15, 0.2) is 5.96 Å². The van der Waals surface area contributed by atoms with Crippen LogP contribution < -0.4 is 15.4 Å². The van der Waals surface area contributed by atoms with Crippen molar-refractivity contribution in [3.05, 3.63) is 29.8 Å². The van der Waals surface area contributed by atoms with Gasteiger partial charge in [-0.25, -0.2) is 0 Å². The van der Waals surface area contributed by atoms with Gasteiger partial charge in [-0.3, -0.25) is 4.99 Å². The summed E-state index contributed by atoms with van der Waals surface area (Å²) >= 11 is 0. The molecule has 0 spiro atoms. The molecule has 22 heavy (non-hydrogen) atoms. The third-order valence-electron chi connectivity index (χ3n) is 4.48.